The number of amides is 1. The van der Waals surface area contributed by atoms with E-state index >= 15 is 0 Å². The van der Waals surface area contributed by atoms with E-state index < -0.39 is 11.5 Å². The van der Waals surface area contributed by atoms with Gasteiger partial charge in [-0.2, -0.15) is 0 Å². The van der Waals surface area contributed by atoms with Gasteiger partial charge in [0, 0.05) is 16.8 Å². The fourth-order valence-electron chi connectivity index (χ4n) is 2.60. The van der Waals surface area contributed by atoms with Crippen molar-refractivity contribution in [1.29, 1.82) is 0 Å². The molecule has 2 heterocycles. The Morgan fingerprint density at radius 2 is 1.67 bits per heavy atom. The largest absolute Gasteiger partial charge is 0.461 e. The second kappa shape index (κ2) is 4.48. The van der Waals surface area contributed by atoms with Gasteiger partial charge in [0.1, 0.15) is 16.9 Å². The molecule has 5 nitrogen and oxygen atoms in total. The summed E-state index contributed by atoms with van der Waals surface area (Å²) in [6.07, 6.45) is -0.120. The van der Waals surface area contributed by atoms with Gasteiger partial charge in [0.25, 0.3) is 0 Å². The van der Waals surface area contributed by atoms with Crippen LogP contribution in [-0.4, -0.2) is 5.91 Å². The van der Waals surface area contributed by atoms with Crippen LogP contribution < -0.4 is 11.4 Å². The van der Waals surface area contributed by atoms with Crippen LogP contribution in [-0.2, 0) is 11.2 Å². The Bertz CT molecular complexity index is 946. The predicted octanol–water partition coefficient (Wildman–Crippen LogP) is 2.49. The molecule has 0 atom stereocenters. The van der Waals surface area contributed by atoms with Gasteiger partial charge < -0.3 is 14.6 Å². The van der Waals surface area contributed by atoms with Crippen molar-refractivity contribution >= 4 is 27.8 Å². The first-order valence-electron chi connectivity index (χ1n) is 6.63. The third kappa shape index (κ3) is 2.01. The number of carbonyl (C=O) groups excluding carboxylic acids is 1. The Morgan fingerprint density at radius 3 is 2.33 bits per heavy atom. The molecule has 0 saturated carbocycles. The molecule has 0 unspecified atom stereocenters. The molecule has 108 valence electrons. The molecular formula is C16H15NO4. The van der Waals surface area contributed by atoms with Gasteiger partial charge in [-0.15, -0.1) is 0 Å². The van der Waals surface area contributed by atoms with Crippen LogP contribution in [0, 0.1) is 20.8 Å². The van der Waals surface area contributed by atoms with Gasteiger partial charge in [-0.25, -0.2) is 4.79 Å². The number of furan rings is 1. The molecule has 5 heteroatoms. The number of nitrogens with two attached hydrogens (primary N) is 1. The third-order valence-electron chi connectivity index (χ3n) is 3.93. The Balaban J connectivity index is 2.41. The van der Waals surface area contributed by atoms with E-state index in [9.17, 15) is 9.59 Å². The fourth-order valence-corrected chi connectivity index (χ4v) is 2.60. The van der Waals surface area contributed by atoms with Crippen molar-refractivity contribution in [2.45, 2.75) is 27.2 Å². The average molecular weight is 285 g/mol. The monoisotopic (exact) mass is 285 g/mol. The molecule has 0 fully saturated rings. The van der Waals surface area contributed by atoms with Crippen LogP contribution in [0.15, 0.2) is 25.8 Å². The lowest BCUT2D eigenvalue weighted by Gasteiger charge is -2.06. The molecule has 1 aromatic carbocycles. The molecule has 21 heavy (non-hydrogen) atoms. The first kappa shape index (κ1) is 13.4. The maximum absolute atomic E-state index is 12.0. The zero-order valence-corrected chi connectivity index (χ0v) is 12.1. The summed E-state index contributed by atoms with van der Waals surface area (Å²) in [5, 5.41) is 1.77. The Kier molecular flexibility index (Phi) is 2.86. The number of hydrogen-bond acceptors (Lipinski definition) is 4. The molecule has 2 aromatic heterocycles. The number of aryl methyl sites for hydroxylation is 3. The smallest absolute Gasteiger partial charge is 0.340 e. The van der Waals surface area contributed by atoms with Crippen LogP contribution in [0.2, 0.25) is 0 Å². The van der Waals surface area contributed by atoms with E-state index in [0.29, 0.717) is 16.7 Å². The van der Waals surface area contributed by atoms with Gasteiger partial charge in [-0.1, -0.05) is 0 Å². The second-order valence-corrected chi connectivity index (χ2v) is 5.26. The van der Waals surface area contributed by atoms with E-state index in [1.54, 1.807) is 13.0 Å². The Morgan fingerprint density at radius 1 is 1.05 bits per heavy atom. The zero-order valence-electron chi connectivity index (χ0n) is 12.1. The number of fused-ring (bicyclic) bond motifs is 2. The van der Waals surface area contributed by atoms with Gasteiger partial charge in [0.15, 0.2) is 0 Å². The van der Waals surface area contributed by atoms with E-state index in [0.717, 1.165) is 27.7 Å². The van der Waals surface area contributed by atoms with Crippen LogP contribution in [0.3, 0.4) is 0 Å². The summed E-state index contributed by atoms with van der Waals surface area (Å²) in [6.45, 7) is 5.67. The highest BCUT2D eigenvalue weighted by Crippen LogP contribution is 2.30. The zero-order chi connectivity index (χ0) is 15.3. The van der Waals surface area contributed by atoms with Crippen LogP contribution in [0.5, 0.6) is 0 Å². The van der Waals surface area contributed by atoms with Crippen molar-refractivity contribution in [2.24, 2.45) is 5.73 Å². The van der Waals surface area contributed by atoms with E-state index in [1.165, 1.54) is 0 Å². The van der Waals surface area contributed by atoms with Gasteiger partial charge >= 0.3 is 5.63 Å². The maximum atomic E-state index is 12.0. The highest BCUT2D eigenvalue weighted by Gasteiger charge is 2.16. The molecule has 3 aromatic rings. The number of carbonyl (C=O) groups is 1. The number of primary amides is 1. The topological polar surface area (TPSA) is 86.4 Å². The molecule has 0 aliphatic carbocycles. The van der Waals surface area contributed by atoms with Crippen molar-refractivity contribution < 1.29 is 13.6 Å². The molecule has 0 radical (unpaired) electrons. The lowest BCUT2D eigenvalue weighted by atomic mass is 10.0. The van der Waals surface area contributed by atoms with Crippen molar-refractivity contribution in [3.8, 4) is 0 Å². The second-order valence-electron chi connectivity index (χ2n) is 5.26. The van der Waals surface area contributed by atoms with Gasteiger partial charge in [0.05, 0.1) is 12.0 Å². The highest BCUT2D eigenvalue weighted by molar-refractivity contribution is 5.97. The van der Waals surface area contributed by atoms with Crippen molar-refractivity contribution in [3.63, 3.8) is 0 Å². The molecule has 1 amide bonds. The number of rotatable bonds is 2. The van der Waals surface area contributed by atoms with Crippen molar-refractivity contribution in [2.75, 3.05) is 0 Å². The van der Waals surface area contributed by atoms with Crippen molar-refractivity contribution in [3.05, 3.63) is 45.0 Å². The summed E-state index contributed by atoms with van der Waals surface area (Å²) >= 11 is 0. The summed E-state index contributed by atoms with van der Waals surface area (Å²) in [4.78, 5) is 23.1. The van der Waals surface area contributed by atoms with E-state index in [2.05, 4.69) is 0 Å². The van der Waals surface area contributed by atoms with Crippen LogP contribution in [0.25, 0.3) is 21.9 Å². The van der Waals surface area contributed by atoms with Gasteiger partial charge in [0.2, 0.25) is 5.91 Å². The lowest BCUT2D eigenvalue weighted by molar-refractivity contribution is -0.117. The van der Waals surface area contributed by atoms with Crippen LogP contribution in [0.4, 0.5) is 0 Å². The highest BCUT2D eigenvalue weighted by atomic mass is 16.4. The Hall–Kier alpha value is -2.56. The average Bonchev–Trinajstić information content (AvgIpc) is 2.68. The van der Waals surface area contributed by atoms with E-state index in [-0.39, 0.29) is 6.42 Å². The number of benzene rings is 1. The first-order valence-corrected chi connectivity index (χ1v) is 6.63. The summed E-state index contributed by atoms with van der Waals surface area (Å²) in [5.41, 5.74) is 7.88. The normalized spacial score (nSPS) is 11.4. The minimum atomic E-state index is -0.554. The molecule has 0 bridgehead atoms. The summed E-state index contributed by atoms with van der Waals surface area (Å²) < 4.78 is 11.0. The standard InChI is InChI=1S/C16H15NO4/c1-7-9(3)20-13-6-14-11(4-10(7)13)8(2)12(5-15(17)18)16(19)21-14/h4,6H,5H2,1-3H3,(H2,17,18). The van der Waals surface area contributed by atoms with Crippen LogP contribution in [0.1, 0.15) is 22.5 Å². The minimum Gasteiger partial charge on any atom is -0.461 e. The summed E-state index contributed by atoms with van der Waals surface area (Å²) in [7, 11) is 0. The SMILES string of the molecule is Cc1oc2cc3oc(=O)c(CC(N)=O)c(C)c3cc2c1C. The molecule has 0 aliphatic heterocycles. The summed E-state index contributed by atoms with van der Waals surface area (Å²) in [6, 6.07) is 3.65. The first-order chi connectivity index (χ1) is 9.88. The quantitative estimate of drug-likeness (QED) is 0.733. The minimum absolute atomic E-state index is 0.120. The fraction of sp³-hybridized carbons (Fsp3) is 0.250. The molecule has 0 spiro atoms. The molecular weight excluding hydrogens is 270 g/mol. The van der Waals surface area contributed by atoms with Crippen LogP contribution >= 0.6 is 0 Å². The molecule has 0 saturated heterocycles. The summed E-state index contributed by atoms with van der Waals surface area (Å²) in [5.74, 6) is 0.277. The van der Waals surface area contributed by atoms with Crippen molar-refractivity contribution in [1.82, 2.24) is 0 Å². The molecule has 2 N–H and O–H groups in total. The lowest BCUT2D eigenvalue weighted by Crippen LogP contribution is -2.20. The Labute approximate surface area is 120 Å². The van der Waals surface area contributed by atoms with E-state index in [1.807, 2.05) is 19.9 Å². The predicted molar refractivity (Wildman–Crippen MR) is 79.4 cm³/mol. The van der Waals surface area contributed by atoms with Gasteiger partial charge in [-0.3, -0.25) is 4.79 Å². The van der Waals surface area contributed by atoms with E-state index in [4.69, 9.17) is 14.6 Å². The number of hydrogen-bond donors (Lipinski definition) is 1. The maximum Gasteiger partial charge on any atom is 0.340 e. The third-order valence-corrected chi connectivity index (χ3v) is 3.93. The van der Waals surface area contributed by atoms with Gasteiger partial charge in [-0.05, 0) is 38.0 Å². The molecule has 0 aliphatic rings. The molecule has 3 rings (SSSR count).